The van der Waals surface area contributed by atoms with Gasteiger partial charge in [0.15, 0.2) is 0 Å². The lowest BCUT2D eigenvalue weighted by molar-refractivity contribution is 0.102. The predicted molar refractivity (Wildman–Crippen MR) is 134 cm³/mol. The molecule has 1 saturated heterocycles. The van der Waals surface area contributed by atoms with E-state index in [0.29, 0.717) is 35.1 Å². The normalized spacial score (nSPS) is 15.2. The van der Waals surface area contributed by atoms with Crippen molar-refractivity contribution in [2.45, 2.75) is 6.42 Å². The fourth-order valence-electron chi connectivity index (χ4n) is 3.64. The van der Waals surface area contributed by atoms with Crippen molar-refractivity contribution in [3.8, 4) is 11.1 Å². The molecule has 172 valence electrons. The largest absolute Gasteiger partial charge is 0.378 e. The molecule has 7 nitrogen and oxygen atoms in total. The molecule has 0 aliphatic carbocycles. The van der Waals surface area contributed by atoms with Crippen LogP contribution in [0, 0.1) is 0 Å². The van der Waals surface area contributed by atoms with E-state index in [0.717, 1.165) is 23.2 Å². The lowest BCUT2D eigenvalue weighted by atomic mass is 10.0. The number of halogens is 1. The standard InChI is InChI=1S/C24H25ClN4O3S/c1-28(2)20-9-4-17(5-10-20)22-16-19(8-13-23(22)25)27-24(30)18-6-11-21(12-7-18)29-15-3-14-26-33(29,31)32/h4-13,16,26H,3,14-15H2,1-2H3,(H,27,30). The smallest absolute Gasteiger partial charge is 0.301 e. The highest BCUT2D eigenvalue weighted by atomic mass is 35.5. The molecule has 0 unspecified atom stereocenters. The Labute approximate surface area is 199 Å². The molecular weight excluding hydrogens is 460 g/mol. The van der Waals surface area contributed by atoms with Gasteiger partial charge in [0.1, 0.15) is 0 Å². The SMILES string of the molecule is CN(C)c1ccc(-c2cc(NC(=O)c3ccc(N4CCCNS4(=O)=O)cc3)ccc2Cl)cc1. The number of carbonyl (C=O) groups excluding carboxylic acids is 1. The van der Waals surface area contributed by atoms with Crippen molar-refractivity contribution in [1.82, 2.24) is 4.72 Å². The van der Waals surface area contributed by atoms with Crippen LogP contribution in [0.2, 0.25) is 5.02 Å². The van der Waals surface area contributed by atoms with Crippen molar-refractivity contribution in [3.05, 3.63) is 77.3 Å². The molecule has 1 heterocycles. The van der Waals surface area contributed by atoms with Crippen molar-refractivity contribution in [1.29, 1.82) is 0 Å². The Kier molecular flexibility index (Phi) is 6.60. The molecule has 33 heavy (non-hydrogen) atoms. The molecule has 0 aromatic heterocycles. The molecule has 0 atom stereocenters. The number of carbonyl (C=O) groups is 1. The molecule has 4 rings (SSSR count). The van der Waals surface area contributed by atoms with Gasteiger partial charge in [-0.15, -0.1) is 0 Å². The van der Waals surface area contributed by atoms with E-state index in [4.69, 9.17) is 11.6 Å². The van der Waals surface area contributed by atoms with Gasteiger partial charge < -0.3 is 10.2 Å². The Hall–Kier alpha value is -3.07. The van der Waals surface area contributed by atoms with Gasteiger partial charge in [0.2, 0.25) is 0 Å². The molecule has 0 bridgehead atoms. The zero-order valence-electron chi connectivity index (χ0n) is 18.4. The Bertz CT molecular complexity index is 1260. The van der Waals surface area contributed by atoms with Gasteiger partial charge >= 0.3 is 10.2 Å². The highest BCUT2D eigenvalue weighted by molar-refractivity contribution is 7.90. The highest BCUT2D eigenvalue weighted by Gasteiger charge is 2.25. The van der Waals surface area contributed by atoms with E-state index in [1.807, 2.05) is 49.3 Å². The predicted octanol–water partition coefficient (Wildman–Crippen LogP) is 4.37. The Morgan fingerprint density at radius 2 is 1.73 bits per heavy atom. The molecule has 1 amide bonds. The Morgan fingerprint density at radius 1 is 1.03 bits per heavy atom. The summed E-state index contributed by atoms with van der Waals surface area (Å²) < 4.78 is 28.2. The van der Waals surface area contributed by atoms with Gasteiger partial charge in [0, 0.05) is 54.7 Å². The Balaban J connectivity index is 1.51. The average molecular weight is 485 g/mol. The van der Waals surface area contributed by atoms with E-state index in [-0.39, 0.29) is 5.91 Å². The van der Waals surface area contributed by atoms with Gasteiger partial charge in [-0.3, -0.25) is 9.10 Å². The summed E-state index contributed by atoms with van der Waals surface area (Å²) in [5, 5.41) is 3.48. The maximum atomic E-state index is 12.8. The van der Waals surface area contributed by atoms with Gasteiger partial charge in [-0.1, -0.05) is 23.7 Å². The van der Waals surface area contributed by atoms with Crippen LogP contribution >= 0.6 is 11.6 Å². The molecule has 1 fully saturated rings. The zero-order valence-corrected chi connectivity index (χ0v) is 19.9. The first-order valence-corrected chi connectivity index (χ1v) is 12.3. The van der Waals surface area contributed by atoms with E-state index in [2.05, 4.69) is 10.0 Å². The van der Waals surface area contributed by atoms with E-state index in [1.54, 1.807) is 36.4 Å². The number of hydrogen-bond donors (Lipinski definition) is 2. The first kappa shape index (κ1) is 23.1. The summed E-state index contributed by atoms with van der Waals surface area (Å²) in [4.78, 5) is 14.8. The summed E-state index contributed by atoms with van der Waals surface area (Å²) in [6.07, 6.45) is 0.720. The number of hydrogen-bond acceptors (Lipinski definition) is 4. The molecule has 0 saturated carbocycles. The number of anilines is 3. The van der Waals surface area contributed by atoms with Crippen LogP contribution < -0.4 is 19.2 Å². The van der Waals surface area contributed by atoms with E-state index >= 15 is 0 Å². The third kappa shape index (κ3) is 5.13. The van der Waals surface area contributed by atoms with Crippen molar-refractivity contribution in [2.75, 3.05) is 41.7 Å². The third-order valence-electron chi connectivity index (χ3n) is 5.45. The topological polar surface area (TPSA) is 81.8 Å². The average Bonchev–Trinajstić information content (AvgIpc) is 2.80. The monoisotopic (exact) mass is 484 g/mol. The summed E-state index contributed by atoms with van der Waals surface area (Å²) in [5.74, 6) is -0.294. The van der Waals surface area contributed by atoms with Gasteiger partial charge in [-0.05, 0) is 66.6 Å². The van der Waals surface area contributed by atoms with Gasteiger partial charge in [-0.2, -0.15) is 13.1 Å². The molecule has 2 N–H and O–H groups in total. The summed E-state index contributed by atoms with van der Waals surface area (Å²) >= 11 is 6.42. The fraction of sp³-hybridized carbons (Fsp3) is 0.208. The van der Waals surface area contributed by atoms with E-state index < -0.39 is 10.2 Å². The zero-order chi connectivity index (χ0) is 23.6. The molecule has 3 aromatic carbocycles. The second-order valence-corrected chi connectivity index (χ2v) is 10.0. The second kappa shape index (κ2) is 9.43. The van der Waals surface area contributed by atoms with E-state index in [9.17, 15) is 13.2 Å². The summed E-state index contributed by atoms with van der Waals surface area (Å²) in [7, 11) is 0.425. The number of nitrogens with one attached hydrogen (secondary N) is 2. The quantitative estimate of drug-likeness (QED) is 0.563. The fourth-order valence-corrected chi connectivity index (χ4v) is 5.19. The van der Waals surface area contributed by atoms with Crippen molar-refractivity contribution >= 4 is 44.8 Å². The first-order chi connectivity index (χ1) is 15.7. The number of nitrogens with zero attached hydrogens (tertiary/aromatic N) is 2. The van der Waals surface area contributed by atoms with Crippen molar-refractivity contribution in [2.24, 2.45) is 0 Å². The maximum absolute atomic E-state index is 12.8. The lowest BCUT2D eigenvalue weighted by Crippen LogP contribution is -2.47. The van der Waals surface area contributed by atoms with Crippen LogP contribution in [-0.2, 0) is 10.2 Å². The van der Waals surface area contributed by atoms with Gasteiger partial charge in [0.25, 0.3) is 5.91 Å². The summed E-state index contributed by atoms with van der Waals surface area (Å²) in [6.45, 7) is 0.839. The van der Waals surface area contributed by atoms with Crippen molar-refractivity contribution in [3.63, 3.8) is 0 Å². The van der Waals surface area contributed by atoms with Crippen LogP contribution in [0.25, 0.3) is 11.1 Å². The van der Waals surface area contributed by atoms with Crippen LogP contribution in [0.3, 0.4) is 0 Å². The van der Waals surface area contributed by atoms with E-state index in [1.165, 1.54) is 4.31 Å². The summed E-state index contributed by atoms with van der Waals surface area (Å²) in [5.41, 5.74) is 4.40. The first-order valence-electron chi connectivity index (χ1n) is 10.5. The molecule has 0 radical (unpaired) electrons. The molecule has 9 heteroatoms. The van der Waals surface area contributed by atoms with Crippen LogP contribution in [0.5, 0.6) is 0 Å². The Morgan fingerprint density at radius 3 is 2.36 bits per heavy atom. The van der Waals surface area contributed by atoms with Crippen molar-refractivity contribution < 1.29 is 13.2 Å². The minimum absolute atomic E-state index is 0.294. The molecular formula is C24H25ClN4O3S. The molecule has 1 aliphatic heterocycles. The minimum atomic E-state index is -3.53. The summed E-state index contributed by atoms with van der Waals surface area (Å²) in [6, 6.07) is 19.9. The molecule has 1 aliphatic rings. The van der Waals surface area contributed by atoms with Crippen LogP contribution in [0.15, 0.2) is 66.7 Å². The van der Waals surface area contributed by atoms with Gasteiger partial charge in [0.05, 0.1) is 5.69 Å². The highest BCUT2D eigenvalue weighted by Crippen LogP contribution is 2.32. The number of rotatable bonds is 5. The maximum Gasteiger partial charge on any atom is 0.301 e. The molecule has 3 aromatic rings. The minimum Gasteiger partial charge on any atom is -0.378 e. The lowest BCUT2D eigenvalue weighted by Gasteiger charge is -2.28. The number of benzene rings is 3. The number of amides is 1. The second-order valence-electron chi connectivity index (χ2n) is 7.96. The molecule has 0 spiro atoms. The van der Waals surface area contributed by atoms with Crippen LogP contribution in [0.1, 0.15) is 16.8 Å². The van der Waals surface area contributed by atoms with Crippen LogP contribution in [-0.4, -0.2) is 41.5 Å². The van der Waals surface area contributed by atoms with Gasteiger partial charge in [-0.25, -0.2) is 0 Å². The van der Waals surface area contributed by atoms with Crippen LogP contribution in [0.4, 0.5) is 17.1 Å². The third-order valence-corrected chi connectivity index (χ3v) is 7.32.